The minimum atomic E-state index is -0.191. The van der Waals surface area contributed by atoms with Gasteiger partial charge in [-0.1, -0.05) is 0 Å². The van der Waals surface area contributed by atoms with E-state index in [1.165, 1.54) is 0 Å². The fourth-order valence-electron chi connectivity index (χ4n) is 3.00. The lowest BCUT2D eigenvalue weighted by Gasteiger charge is -2.20. The normalized spacial score (nSPS) is 21.2. The van der Waals surface area contributed by atoms with Gasteiger partial charge in [0.1, 0.15) is 5.82 Å². The molecule has 1 atom stereocenters. The summed E-state index contributed by atoms with van der Waals surface area (Å²) >= 11 is 0. The summed E-state index contributed by atoms with van der Waals surface area (Å²) in [6.45, 7) is 4.63. The van der Waals surface area contributed by atoms with E-state index in [9.17, 15) is 9.59 Å². The van der Waals surface area contributed by atoms with Crippen molar-refractivity contribution in [2.24, 2.45) is 5.92 Å². The SMILES string of the molecule is Cc1ncc(NC(=O)N2CCC(C(=O)N3CCCC3)C2)cn1. The maximum absolute atomic E-state index is 12.4. The van der Waals surface area contributed by atoms with Crippen LogP contribution in [0.5, 0.6) is 0 Å². The molecule has 2 saturated heterocycles. The molecule has 0 radical (unpaired) electrons. The zero-order valence-corrected chi connectivity index (χ0v) is 12.8. The van der Waals surface area contributed by atoms with Crippen molar-refractivity contribution in [1.29, 1.82) is 0 Å². The molecular formula is C15H21N5O2. The molecule has 7 heteroatoms. The highest BCUT2D eigenvalue weighted by atomic mass is 16.2. The number of amides is 3. The molecule has 2 fully saturated rings. The van der Waals surface area contributed by atoms with E-state index in [1.807, 2.05) is 4.90 Å². The van der Waals surface area contributed by atoms with E-state index in [0.717, 1.165) is 32.4 Å². The third-order valence-electron chi connectivity index (χ3n) is 4.27. The number of carbonyl (C=O) groups is 2. The topological polar surface area (TPSA) is 78.4 Å². The van der Waals surface area contributed by atoms with Crippen LogP contribution in [0.15, 0.2) is 12.4 Å². The predicted octanol–water partition coefficient (Wildman–Crippen LogP) is 1.26. The Hall–Kier alpha value is -2.18. The molecule has 118 valence electrons. The first-order valence-electron chi connectivity index (χ1n) is 7.77. The average Bonchev–Trinajstić information content (AvgIpc) is 3.20. The van der Waals surface area contributed by atoms with Crippen molar-refractivity contribution < 1.29 is 9.59 Å². The number of hydrogen-bond donors (Lipinski definition) is 1. The lowest BCUT2D eigenvalue weighted by atomic mass is 10.1. The van der Waals surface area contributed by atoms with E-state index >= 15 is 0 Å². The monoisotopic (exact) mass is 303 g/mol. The average molecular weight is 303 g/mol. The maximum Gasteiger partial charge on any atom is 0.321 e. The number of urea groups is 1. The lowest BCUT2D eigenvalue weighted by Crippen LogP contribution is -2.37. The minimum Gasteiger partial charge on any atom is -0.342 e. The molecular weight excluding hydrogens is 282 g/mol. The van der Waals surface area contributed by atoms with Crippen molar-refractivity contribution in [1.82, 2.24) is 19.8 Å². The summed E-state index contributed by atoms with van der Waals surface area (Å²) in [4.78, 5) is 36.3. The van der Waals surface area contributed by atoms with Gasteiger partial charge in [-0.25, -0.2) is 14.8 Å². The fraction of sp³-hybridized carbons (Fsp3) is 0.600. The zero-order chi connectivity index (χ0) is 15.5. The molecule has 1 N–H and O–H groups in total. The number of aromatic nitrogens is 2. The highest BCUT2D eigenvalue weighted by molar-refractivity contribution is 5.90. The first-order chi connectivity index (χ1) is 10.6. The lowest BCUT2D eigenvalue weighted by molar-refractivity contribution is -0.133. The third-order valence-corrected chi connectivity index (χ3v) is 4.27. The number of anilines is 1. The van der Waals surface area contributed by atoms with Crippen molar-refractivity contribution in [3.8, 4) is 0 Å². The second-order valence-electron chi connectivity index (χ2n) is 5.91. The van der Waals surface area contributed by atoms with Crippen LogP contribution >= 0.6 is 0 Å². The molecule has 2 aliphatic rings. The molecule has 22 heavy (non-hydrogen) atoms. The summed E-state index contributed by atoms with van der Waals surface area (Å²) in [5.41, 5.74) is 0.574. The van der Waals surface area contributed by atoms with Crippen LogP contribution in [-0.2, 0) is 4.79 Å². The summed E-state index contributed by atoms with van der Waals surface area (Å²) in [6.07, 6.45) is 6.10. The number of nitrogens with one attached hydrogen (secondary N) is 1. The van der Waals surface area contributed by atoms with Crippen LogP contribution in [0, 0.1) is 12.8 Å². The van der Waals surface area contributed by atoms with Crippen molar-refractivity contribution in [3.63, 3.8) is 0 Å². The Balaban J connectivity index is 1.54. The van der Waals surface area contributed by atoms with Gasteiger partial charge in [0.2, 0.25) is 5.91 Å². The molecule has 3 amide bonds. The van der Waals surface area contributed by atoms with Gasteiger partial charge in [0, 0.05) is 26.2 Å². The van der Waals surface area contributed by atoms with Crippen molar-refractivity contribution in [2.75, 3.05) is 31.5 Å². The predicted molar refractivity (Wildman–Crippen MR) is 81.3 cm³/mol. The van der Waals surface area contributed by atoms with Crippen LogP contribution in [-0.4, -0.2) is 57.9 Å². The Labute approximate surface area is 129 Å². The highest BCUT2D eigenvalue weighted by Gasteiger charge is 2.34. The Morgan fingerprint density at radius 1 is 1.14 bits per heavy atom. The molecule has 7 nitrogen and oxygen atoms in total. The summed E-state index contributed by atoms with van der Waals surface area (Å²) in [6, 6.07) is -0.191. The standard InChI is InChI=1S/C15H21N5O2/c1-11-16-8-13(9-17-11)18-15(22)20-7-4-12(10-20)14(21)19-5-2-3-6-19/h8-9,12H,2-7,10H2,1H3,(H,18,22). The van der Waals surface area contributed by atoms with E-state index < -0.39 is 0 Å². The van der Waals surface area contributed by atoms with Crippen LogP contribution in [0.3, 0.4) is 0 Å². The number of nitrogens with zero attached hydrogens (tertiary/aromatic N) is 4. The van der Waals surface area contributed by atoms with Gasteiger partial charge in [0.25, 0.3) is 0 Å². The molecule has 1 aromatic heterocycles. The Morgan fingerprint density at radius 3 is 2.50 bits per heavy atom. The summed E-state index contributed by atoms with van der Waals surface area (Å²) in [5, 5.41) is 2.78. The van der Waals surface area contributed by atoms with Crippen molar-refractivity contribution in [3.05, 3.63) is 18.2 Å². The summed E-state index contributed by atoms with van der Waals surface area (Å²) in [5.74, 6) is 0.806. The van der Waals surface area contributed by atoms with Gasteiger partial charge in [-0.3, -0.25) is 4.79 Å². The maximum atomic E-state index is 12.4. The molecule has 3 rings (SSSR count). The molecule has 0 aliphatic carbocycles. The Kier molecular flexibility index (Phi) is 4.22. The van der Waals surface area contributed by atoms with Crippen LogP contribution < -0.4 is 5.32 Å². The van der Waals surface area contributed by atoms with Crippen LogP contribution in [0.25, 0.3) is 0 Å². The van der Waals surface area contributed by atoms with Gasteiger partial charge in [0.05, 0.1) is 24.0 Å². The van der Waals surface area contributed by atoms with Gasteiger partial charge in [0.15, 0.2) is 0 Å². The van der Waals surface area contributed by atoms with E-state index in [2.05, 4.69) is 15.3 Å². The minimum absolute atomic E-state index is 0.0573. The molecule has 0 spiro atoms. The second-order valence-corrected chi connectivity index (χ2v) is 5.91. The largest absolute Gasteiger partial charge is 0.342 e. The first kappa shape index (κ1) is 14.7. The van der Waals surface area contributed by atoms with E-state index in [-0.39, 0.29) is 17.9 Å². The molecule has 0 aromatic carbocycles. The number of aryl methyl sites for hydroxylation is 1. The van der Waals surface area contributed by atoms with Gasteiger partial charge < -0.3 is 15.1 Å². The summed E-state index contributed by atoms with van der Waals surface area (Å²) < 4.78 is 0. The number of likely N-dealkylation sites (tertiary alicyclic amines) is 2. The zero-order valence-electron chi connectivity index (χ0n) is 12.8. The van der Waals surface area contributed by atoms with E-state index in [1.54, 1.807) is 24.2 Å². The quantitative estimate of drug-likeness (QED) is 0.892. The van der Waals surface area contributed by atoms with Crippen molar-refractivity contribution in [2.45, 2.75) is 26.2 Å². The van der Waals surface area contributed by atoms with Crippen LogP contribution in [0.2, 0.25) is 0 Å². The second kappa shape index (κ2) is 6.29. The first-order valence-corrected chi connectivity index (χ1v) is 7.77. The van der Waals surface area contributed by atoms with Gasteiger partial charge in [-0.15, -0.1) is 0 Å². The number of hydrogen-bond acceptors (Lipinski definition) is 4. The molecule has 1 aromatic rings. The van der Waals surface area contributed by atoms with Crippen LogP contribution in [0.1, 0.15) is 25.1 Å². The molecule has 0 saturated carbocycles. The molecule has 1 unspecified atom stereocenters. The molecule has 2 aliphatic heterocycles. The molecule has 3 heterocycles. The molecule has 0 bridgehead atoms. The van der Waals surface area contributed by atoms with Crippen molar-refractivity contribution >= 4 is 17.6 Å². The number of carbonyl (C=O) groups excluding carboxylic acids is 2. The number of rotatable bonds is 2. The Bertz CT molecular complexity index is 554. The Morgan fingerprint density at radius 2 is 1.82 bits per heavy atom. The van der Waals surface area contributed by atoms with E-state index in [0.29, 0.717) is 24.6 Å². The fourth-order valence-corrected chi connectivity index (χ4v) is 3.00. The van der Waals surface area contributed by atoms with Gasteiger partial charge in [-0.2, -0.15) is 0 Å². The van der Waals surface area contributed by atoms with Gasteiger partial charge >= 0.3 is 6.03 Å². The van der Waals surface area contributed by atoms with E-state index in [4.69, 9.17) is 0 Å². The van der Waals surface area contributed by atoms with Crippen LogP contribution in [0.4, 0.5) is 10.5 Å². The third kappa shape index (κ3) is 3.18. The summed E-state index contributed by atoms with van der Waals surface area (Å²) in [7, 11) is 0. The van der Waals surface area contributed by atoms with Gasteiger partial charge in [-0.05, 0) is 26.2 Å². The smallest absolute Gasteiger partial charge is 0.321 e. The highest BCUT2D eigenvalue weighted by Crippen LogP contribution is 2.22.